The monoisotopic (exact) mass is 526 g/mol. The Kier molecular flexibility index (Phi) is 5.04. The Morgan fingerprint density at radius 1 is 0.886 bits per heavy atom. The first-order valence-electron chi connectivity index (χ1n) is 11.7. The van der Waals surface area contributed by atoms with Crippen molar-refractivity contribution in [3.05, 3.63) is 105 Å². The number of rotatable bonds is 3. The van der Waals surface area contributed by atoms with Gasteiger partial charge in [-0.3, -0.25) is 14.4 Å². The fraction of sp³-hybridized carbons (Fsp3) is 0.207. The average Bonchev–Trinajstić information content (AvgIpc) is 3.32. The fourth-order valence-corrected chi connectivity index (χ4v) is 6.20. The van der Waals surface area contributed by atoms with E-state index in [0.717, 1.165) is 26.7 Å². The van der Waals surface area contributed by atoms with Crippen molar-refractivity contribution in [1.82, 2.24) is 4.90 Å². The quantitative estimate of drug-likeness (QED) is 0.335. The lowest BCUT2D eigenvalue weighted by Gasteiger charge is -2.35. The molecule has 2 fully saturated rings. The number of anilines is 1. The number of benzene rings is 3. The highest BCUT2D eigenvalue weighted by atomic mass is 79.9. The molecule has 6 heteroatoms. The van der Waals surface area contributed by atoms with Crippen LogP contribution in [0.3, 0.4) is 0 Å². The third-order valence-corrected chi connectivity index (χ3v) is 7.98. The molecule has 0 saturated carbocycles. The Hall–Kier alpha value is -3.51. The van der Waals surface area contributed by atoms with E-state index >= 15 is 0 Å². The zero-order valence-corrected chi connectivity index (χ0v) is 20.9. The van der Waals surface area contributed by atoms with Gasteiger partial charge in [-0.15, -0.1) is 0 Å². The van der Waals surface area contributed by atoms with Crippen molar-refractivity contribution >= 4 is 45.3 Å². The molecule has 35 heavy (non-hydrogen) atoms. The Bertz CT molecular complexity index is 1430. The molecule has 3 aromatic carbocycles. The van der Waals surface area contributed by atoms with Crippen LogP contribution in [0.1, 0.15) is 38.7 Å². The molecule has 2 amide bonds. The Balaban J connectivity index is 1.50. The number of nitrogens with zero attached hydrogens (tertiary/aromatic N) is 2. The van der Waals surface area contributed by atoms with Gasteiger partial charge < -0.3 is 4.90 Å². The summed E-state index contributed by atoms with van der Waals surface area (Å²) in [4.78, 5) is 45.1. The molecule has 0 N–H and O–H groups in total. The van der Waals surface area contributed by atoms with Crippen LogP contribution < -0.4 is 4.90 Å². The number of carbonyl (C=O) groups is 3. The maximum Gasteiger partial charge on any atom is 0.240 e. The van der Waals surface area contributed by atoms with Gasteiger partial charge in [0.2, 0.25) is 11.8 Å². The molecule has 0 spiro atoms. The molecule has 0 bridgehead atoms. The predicted molar refractivity (Wildman–Crippen MR) is 138 cm³/mol. The van der Waals surface area contributed by atoms with E-state index in [1.807, 2.05) is 85.6 Å². The molecular weight excluding hydrogens is 504 g/mol. The van der Waals surface area contributed by atoms with E-state index in [-0.39, 0.29) is 23.6 Å². The highest BCUT2D eigenvalue weighted by Crippen LogP contribution is 2.54. The molecule has 3 aliphatic heterocycles. The lowest BCUT2D eigenvalue weighted by atomic mass is 9.83. The van der Waals surface area contributed by atoms with Crippen LogP contribution in [0, 0.1) is 25.7 Å². The predicted octanol–water partition coefficient (Wildman–Crippen LogP) is 5.46. The first-order chi connectivity index (χ1) is 16.9. The number of ketones is 1. The van der Waals surface area contributed by atoms with Gasteiger partial charge in [-0.25, -0.2) is 4.90 Å². The molecule has 0 aliphatic carbocycles. The first kappa shape index (κ1) is 22.0. The summed E-state index contributed by atoms with van der Waals surface area (Å²) in [6.45, 7) is 3.89. The molecule has 6 rings (SSSR count). The van der Waals surface area contributed by atoms with Crippen LogP contribution in [0.15, 0.2) is 77.4 Å². The summed E-state index contributed by atoms with van der Waals surface area (Å²) in [5.74, 6) is -2.10. The van der Waals surface area contributed by atoms with E-state index in [1.54, 1.807) is 12.1 Å². The third kappa shape index (κ3) is 3.23. The van der Waals surface area contributed by atoms with Crippen LogP contribution >= 0.6 is 15.9 Å². The zero-order valence-electron chi connectivity index (χ0n) is 19.3. The minimum absolute atomic E-state index is 0.150. The second-order valence-corrected chi connectivity index (χ2v) is 10.4. The molecular formula is C29H23BrN2O3. The molecule has 2 saturated heterocycles. The SMILES string of the molecule is Cc1ccc(N2C(=O)[C@@H]3[C@H](C2=O)[C@H]2c4ccccc4C=CN2[C@@H]3C(=O)c2ccc(Br)cc2)c(C)c1. The number of aryl methyl sites for hydroxylation is 2. The number of hydrogen-bond donors (Lipinski definition) is 0. The maximum atomic E-state index is 14.0. The lowest BCUT2D eigenvalue weighted by molar-refractivity contribution is -0.123. The van der Waals surface area contributed by atoms with E-state index in [1.165, 1.54) is 4.90 Å². The van der Waals surface area contributed by atoms with Gasteiger partial charge >= 0.3 is 0 Å². The van der Waals surface area contributed by atoms with Crippen molar-refractivity contribution < 1.29 is 14.4 Å². The summed E-state index contributed by atoms with van der Waals surface area (Å²) < 4.78 is 0.871. The van der Waals surface area contributed by atoms with E-state index in [9.17, 15) is 14.4 Å². The Morgan fingerprint density at radius 3 is 2.34 bits per heavy atom. The molecule has 3 aromatic rings. The smallest absolute Gasteiger partial charge is 0.240 e. The fourth-order valence-electron chi connectivity index (χ4n) is 5.94. The van der Waals surface area contributed by atoms with Crippen molar-refractivity contribution in [2.24, 2.45) is 11.8 Å². The lowest BCUT2D eigenvalue weighted by Crippen LogP contribution is -2.44. The van der Waals surface area contributed by atoms with Crippen LogP contribution in [0.25, 0.3) is 6.08 Å². The molecule has 3 heterocycles. The topological polar surface area (TPSA) is 57.7 Å². The molecule has 174 valence electrons. The zero-order chi connectivity index (χ0) is 24.4. The van der Waals surface area contributed by atoms with Gasteiger partial charge in [0.1, 0.15) is 6.04 Å². The molecule has 3 aliphatic rings. The second kappa shape index (κ2) is 8.02. The summed E-state index contributed by atoms with van der Waals surface area (Å²) >= 11 is 3.42. The van der Waals surface area contributed by atoms with Gasteiger partial charge in [-0.05, 0) is 54.8 Å². The van der Waals surface area contributed by atoms with E-state index < -0.39 is 17.9 Å². The third-order valence-electron chi connectivity index (χ3n) is 7.45. The van der Waals surface area contributed by atoms with Crippen molar-refractivity contribution in [2.45, 2.75) is 25.9 Å². The number of hydrogen-bond acceptors (Lipinski definition) is 4. The summed E-state index contributed by atoms with van der Waals surface area (Å²) in [6.07, 6.45) is 3.85. The van der Waals surface area contributed by atoms with Crippen LogP contribution in [-0.4, -0.2) is 28.5 Å². The number of amides is 2. The van der Waals surface area contributed by atoms with Crippen molar-refractivity contribution in [1.29, 1.82) is 0 Å². The van der Waals surface area contributed by atoms with Gasteiger partial charge in [0.25, 0.3) is 0 Å². The molecule has 0 radical (unpaired) electrons. The highest BCUT2D eigenvalue weighted by molar-refractivity contribution is 9.10. The summed E-state index contributed by atoms with van der Waals surface area (Å²) in [5.41, 5.74) is 5.03. The van der Waals surface area contributed by atoms with Crippen molar-refractivity contribution in [2.75, 3.05) is 4.90 Å². The summed E-state index contributed by atoms with van der Waals surface area (Å²) in [5, 5.41) is 0. The van der Waals surface area contributed by atoms with Gasteiger partial charge in [-0.2, -0.15) is 0 Å². The van der Waals surface area contributed by atoms with Gasteiger partial charge in [0, 0.05) is 16.2 Å². The summed E-state index contributed by atoms with van der Waals surface area (Å²) in [6, 6.07) is 19.6. The Labute approximate surface area is 212 Å². The van der Waals surface area contributed by atoms with E-state index in [4.69, 9.17) is 0 Å². The molecule has 0 unspecified atom stereocenters. The standard InChI is InChI=1S/C29H23BrN2O3/c1-16-7-12-22(17(2)15-16)32-28(34)23-24(29(32)35)26(27(33)19-8-10-20(30)11-9-19)31-14-13-18-5-3-4-6-21(18)25(23)31/h3-15,23-26H,1-2H3/t23-,24+,25+,26-/m0/s1. The van der Waals surface area contributed by atoms with Crippen LogP contribution in [0.4, 0.5) is 5.69 Å². The number of halogens is 1. The minimum Gasteiger partial charge on any atom is -0.358 e. The van der Waals surface area contributed by atoms with Crippen LogP contribution in [0.5, 0.6) is 0 Å². The van der Waals surface area contributed by atoms with Gasteiger partial charge in [-0.1, -0.05) is 70.0 Å². The first-order valence-corrected chi connectivity index (χ1v) is 12.5. The molecule has 5 nitrogen and oxygen atoms in total. The van der Waals surface area contributed by atoms with Crippen LogP contribution in [-0.2, 0) is 9.59 Å². The number of carbonyl (C=O) groups excluding carboxylic acids is 3. The van der Waals surface area contributed by atoms with Gasteiger partial charge in [0.15, 0.2) is 5.78 Å². The second-order valence-electron chi connectivity index (χ2n) is 9.51. The molecule has 0 aromatic heterocycles. The van der Waals surface area contributed by atoms with E-state index in [2.05, 4.69) is 15.9 Å². The van der Waals surface area contributed by atoms with Crippen LogP contribution in [0.2, 0.25) is 0 Å². The minimum atomic E-state index is -0.764. The number of imide groups is 1. The maximum absolute atomic E-state index is 14.0. The Morgan fingerprint density at radius 2 is 1.60 bits per heavy atom. The van der Waals surface area contributed by atoms with E-state index in [0.29, 0.717) is 11.3 Å². The van der Waals surface area contributed by atoms with Gasteiger partial charge in [0.05, 0.1) is 23.6 Å². The number of fused-ring (bicyclic) bond motifs is 5. The largest absolute Gasteiger partial charge is 0.358 e. The van der Waals surface area contributed by atoms with Crippen molar-refractivity contribution in [3.63, 3.8) is 0 Å². The summed E-state index contributed by atoms with van der Waals surface area (Å²) in [7, 11) is 0. The normalized spacial score (nSPS) is 24.4. The van der Waals surface area contributed by atoms with Crippen molar-refractivity contribution in [3.8, 4) is 0 Å². The average molecular weight is 527 g/mol. The highest BCUT2D eigenvalue weighted by Gasteiger charge is 2.64. The number of Topliss-reactive ketones (excluding diaryl/α,β-unsaturated/α-hetero) is 1. The molecule has 4 atom stereocenters.